The topological polar surface area (TPSA) is 55.1 Å². The predicted octanol–water partition coefficient (Wildman–Crippen LogP) is 3.23. The molecule has 120 valence electrons. The maximum atomic E-state index is 12.6. The van der Waals surface area contributed by atoms with E-state index in [4.69, 9.17) is 5.73 Å². The summed E-state index contributed by atoms with van der Waals surface area (Å²) in [6, 6.07) is 0.573. The Hall–Kier alpha value is -0.570. The molecule has 3 aliphatic carbocycles. The largest absolute Gasteiger partial charge is 0.352 e. The highest BCUT2D eigenvalue weighted by Crippen LogP contribution is 2.62. The Morgan fingerprint density at radius 3 is 2.52 bits per heavy atom. The summed E-state index contributed by atoms with van der Waals surface area (Å²) < 4.78 is 0. The van der Waals surface area contributed by atoms with E-state index < -0.39 is 0 Å². The molecule has 0 saturated heterocycles. The van der Waals surface area contributed by atoms with Gasteiger partial charge >= 0.3 is 0 Å². The van der Waals surface area contributed by atoms with Crippen LogP contribution in [0.1, 0.15) is 72.1 Å². The molecule has 21 heavy (non-hydrogen) atoms. The molecule has 0 aromatic rings. The van der Waals surface area contributed by atoms with Crippen molar-refractivity contribution in [2.75, 3.05) is 0 Å². The maximum absolute atomic E-state index is 12.6. The molecular formula is C18H32N2O. The summed E-state index contributed by atoms with van der Waals surface area (Å²) in [4.78, 5) is 12.6. The van der Waals surface area contributed by atoms with Crippen molar-refractivity contribution < 1.29 is 4.79 Å². The number of nitrogens with one attached hydrogen (secondary N) is 1. The zero-order chi connectivity index (χ0) is 15.3. The summed E-state index contributed by atoms with van der Waals surface area (Å²) in [5.41, 5.74) is 6.76. The first-order valence-electron chi connectivity index (χ1n) is 8.88. The van der Waals surface area contributed by atoms with Crippen LogP contribution >= 0.6 is 0 Å². The molecule has 0 radical (unpaired) electrons. The second-order valence-electron chi connectivity index (χ2n) is 8.83. The Morgan fingerprint density at radius 2 is 1.90 bits per heavy atom. The minimum Gasteiger partial charge on any atom is -0.352 e. The van der Waals surface area contributed by atoms with Gasteiger partial charge in [-0.3, -0.25) is 4.79 Å². The lowest BCUT2D eigenvalue weighted by molar-refractivity contribution is -0.125. The first kappa shape index (κ1) is 15.3. The highest BCUT2D eigenvalue weighted by Gasteiger charge is 2.59. The third kappa shape index (κ3) is 2.62. The molecule has 5 atom stereocenters. The smallest absolute Gasteiger partial charge is 0.220 e. The fourth-order valence-electron chi connectivity index (χ4n) is 5.61. The summed E-state index contributed by atoms with van der Waals surface area (Å²) in [7, 11) is 0. The van der Waals surface area contributed by atoms with Gasteiger partial charge in [0.2, 0.25) is 5.91 Å². The van der Waals surface area contributed by atoms with E-state index in [-0.39, 0.29) is 17.4 Å². The molecule has 3 nitrogen and oxygen atoms in total. The maximum Gasteiger partial charge on any atom is 0.220 e. The number of hydrogen-bond acceptors (Lipinski definition) is 2. The van der Waals surface area contributed by atoms with Crippen molar-refractivity contribution in [2.45, 2.75) is 84.2 Å². The summed E-state index contributed by atoms with van der Waals surface area (Å²) in [5.74, 6) is 1.42. The molecule has 0 aromatic carbocycles. The molecule has 0 aromatic heterocycles. The van der Waals surface area contributed by atoms with Crippen molar-refractivity contribution in [1.82, 2.24) is 5.32 Å². The summed E-state index contributed by atoms with van der Waals surface area (Å²) in [6.45, 7) is 7.07. The summed E-state index contributed by atoms with van der Waals surface area (Å²) >= 11 is 0. The van der Waals surface area contributed by atoms with E-state index in [9.17, 15) is 4.79 Å². The van der Waals surface area contributed by atoms with E-state index in [1.165, 1.54) is 32.1 Å². The lowest BCUT2D eigenvalue weighted by atomic mass is 9.68. The van der Waals surface area contributed by atoms with Crippen LogP contribution < -0.4 is 11.1 Å². The van der Waals surface area contributed by atoms with Gasteiger partial charge in [0.05, 0.1) is 0 Å². The van der Waals surface area contributed by atoms with Crippen LogP contribution in [0.25, 0.3) is 0 Å². The molecule has 0 heterocycles. The number of carbonyl (C=O) groups is 1. The molecule has 3 aliphatic rings. The number of carbonyl (C=O) groups excluding carboxylic acids is 1. The van der Waals surface area contributed by atoms with Crippen LogP contribution in [0.15, 0.2) is 0 Å². The van der Waals surface area contributed by atoms with Crippen molar-refractivity contribution in [2.24, 2.45) is 28.4 Å². The van der Waals surface area contributed by atoms with Gasteiger partial charge in [-0.05, 0) is 54.8 Å². The van der Waals surface area contributed by atoms with Crippen molar-refractivity contribution in [3.63, 3.8) is 0 Å². The second kappa shape index (κ2) is 5.26. The van der Waals surface area contributed by atoms with Gasteiger partial charge in [0.25, 0.3) is 0 Å². The Kier molecular flexibility index (Phi) is 3.84. The van der Waals surface area contributed by atoms with Gasteiger partial charge in [0.1, 0.15) is 0 Å². The van der Waals surface area contributed by atoms with Crippen molar-refractivity contribution in [3.05, 3.63) is 0 Å². The highest BCUT2D eigenvalue weighted by atomic mass is 16.1. The zero-order valence-corrected chi connectivity index (χ0v) is 14.0. The average molecular weight is 292 g/mol. The number of rotatable bonds is 3. The van der Waals surface area contributed by atoms with Crippen molar-refractivity contribution >= 4 is 5.91 Å². The molecule has 3 fully saturated rings. The third-order valence-electron chi connectivity index (χ3n) is 6.99. The molecule has 5 unspecified atom stereocenters. The number of amides is 1. The van der Waals surface area contributed by atoms with Crippen LogP contribution in [0.2, 0.25) is 0 Å². The van der Waals surface area contributed by atoms with E-state index in [0.29, 0.717) is 23.8 Å². The van der Waals surface area contributed by atoms with Crippen LogP contribution in [0.5, 0.6) is 0 Å². The standard InChI is InChI=1S/C18H32N2O/c1-17(2)13-8-9-18(3,11-13)16(17)20-15(21)10-12-6-4-5-7-14(12)19/h12-14,16H,4-11,19H2,1-3H3,(H,20,21). The minimum atomic E-state index is 0.230. The lowest BCUT2D eigenvalue weighted by Crippen LogP contribution is -2.53. The Bertz CT molecular complexity index is 415. The van der Waals surface area contributed by atoms with Crippen molar-refractivity contribution in [1.29, 1.82) is 0 Å². The van der Waals surface area contributed by atoms with Gasteiger partial charge < -0.3 is 11.1 Å². The van der Waals surface area contributed by atoms with Gasteiger partial charge in [0, 0.05) is 18.5 Å². The molecule has 1 amide bonds. The van der Waals surface area contributed by atoms with E-state index in [1.807, 2.05) is 0 Å². The molecule has 3 rings (SSSR count). The molecule has 3 saturated carbocycles. The molecule has 2 bridgehead atoms. The minimum absolute atomic E-state index is 0.230. The van der Waals surface area contributed by atoms with E-state index in [1.54, 1.807) is 0 Å². The first-order chi connectivity index (χ1) is 9.83. The third-order valence-corrected chi connectivity index (χ3v) is 6.99. The van der Waals surface area contributed by atoms with Gasteiger partial charge in [-0.25, -0.2) is 0 Å². The Morgan fingerprint density at radius 1 is 1.19 bits per heavy atom. The fourth-order valence-corrected chi connectivity index (χ4v) is 5.61. The summed E-state index contributed by atoms with van der Waals surface area (Å²) in [6.07, 6.45) is 9.21. The first-order valence-corrected chi connectivity index (χ1v) is 8.88. The number of fused-ring (bicyclic) bond motifs is 2. The van der Waals surface area contributed by atoms with Crippen LogP contribution in [0, 0.1) is 22.7 Å². The van der Waals surface area contributed by atoms with Crippen LogP contribution in [-0.2, 0) is 4.79 Å². The number of nitrogens with two attached hydrogens (primary N) is 1. The predicted molar refractivity (Wildman–Crippen MR) is 85.7 cm³/mol. The Balaban J connectivity index is 1.62. The molecule has 0 aliphatic heterocycles. The van der Waals surface area contributed by atoms with E-state index in [0.717, 1.165) is 18.8 Å². The highest BCUT2D eigenvalue weighted by molar-refractivity contribution is 5.77. The SMILES string of the molecule is CC12CCC(C1)C(C)(C)C2NC(=O)CC1CCCCC1N. The van der Waals surface area contributed by atoms with Gasteiger partial charge in [0.15, 0.2) is 0 Å². The monoisotopic (exact) mass is 292 g/mol. The molecule has 3 heteroatoms. The van der Waals surface area contributed by atoms with E-state index in [2.05, 4.69) is 26.1 Å². The van der Waals surface area contributed by atoms with Crippen LogP contribution in [0.4, 0.5) is 0 Å². The van der Waals surface area contributed by atoms with Gasteiger partial charge in [-0.1, -0.05) is 33.6 Å². The van der Waals surface area contributed by atoms with Crippen LogP contribution in [0.3, 0.4) is 0 Å². The van der Waals surface area contributed by atoms with Gasteiger partial charge in [-0.2, -0.15) is 0 Å². The normalized spacial score (nSPS) is 44.8. The molecule has 0 spiro atoms. The van der Waals surface area contributed by atoms with E-state index >= 15 is 0 Å². The zero-order valence-electron chi connectivity index (χ0n) is 14.0. The summed E-state index contributed by atoms with van der Waals surface area (Å²) in [5, 5.41) is 3.41. The average Bonchev–Trinajstić information content (AvgIpc) is 2.89. The quantitative estimate of drug-likeness (QED) is 0.839. The number of hydrogen-bond donors (Lipinski definition) is 2. The lowest BCUT2D eigenvalue weighted by Gasteiger charge is -2.43. The van der Waals surface area contributed by atoms with Crippen LogP contribution in [-0.4, -0.2) is 18.0 Å². The van der Waals surface area contributed by atoms with Gasteiger partial charge in [-0.15, -0.1) is 0 Å². The molecule has 3 N–H and O–H groups in total. The fraction of sp³-hybridized carbons (Fsp3) is 0.944. The Labute approximate surface area is 129 Å². The second-order valence-corrected chi connectivity index (χ2v) is 8.83. The molecular weight excluding hydrogens is 260 g/mol. The van der Waals surface area contributed by atoms with Crippen molar-refractivity contribution in [3.8, 4) is 0 Å².